The Kier molecular flexibility index (Phi) is 6.40. The zero-order valence-electron chi connectivity index (χ0n) is 17.6. The first kappa shape index (κ1) is 21.3. The van der Waals surface area contributed by atoms with E-state index in [2.05, 4.69) is 15.1 Å². The number of primary amides is 1. The van der Waals surface area contributed by atoms with Gasteiger partial charge in [-0.3, -0.25) is 24.2 Å². The lowest BCUT2D eigenvalue weighted by Gasteiger charge is -2.37. The number of fused-ring (bicyclic) bond motifs is 1. The van der Waals surface area contributed by atoms with Crippen molar-refractivity contribution in [2.75, 3.05) is 51.1 Å². The minimum atomic E-state index is -0.464. The average molecular weight is 434 g/mol. The second kappa shape index (κ2) is 9.03. The normalized spacial score (nSPS) is 20.9. The fraction of sp³-hybridized carbons (Fsp3) is 0.667. The van der Waals surface area contributed by atoms with Gasteiger partial charge in [0.15, 0.2) is 0 Å². The van der Waals surface area contributed by atoms with E-state index in [1.165, 1.54) is 16.2 Å². The van der Waals surface area contributed by atoms with Crippen molar-refractivity contribution in [1.29, 1.82) is 0 Å². The highest BCUT2D eigenvalue weighted by molar-refractivity contribution is 7.17. The Bertz CT molecular complexity index is 825. The van der Waals surface area contributed by atoms with Gasteiger partial charge in [0.05, 0.1) is 18.2 Å². The highest BCUT2D eigenvalue weighted by Crippen LogP contribution is 2.38. The van der Waals surface area contributed by atoms with Gasteiger partial charge < -0.3 is 16.0 Å². The van der Waals surface area contributed by atoms with Crippen molar-refractivity contribution in [3.05, 3.63) is 16.0 Å². The number of nitrogens with zero attached hydrogens (tertiary/aromatic N) is 3. The summed E-state index contributed by atoms with van der Waals surface area (Å²) < 4.78 is 0. The second-order valence-electron chi connectivity index (χ2n) is 8.49. The van der Waals surface area contributed by atoms with Crippen molar-refractivity contribution in [2.45, 2.75) is 45.1 Å². The summed E-state index contributed by atoms with van der Waals surface area (Å²) in [6, 6.07) is -0.306. The maximum absolute atomic E-state index is 12.9. The van der Waals surface area contributed by atoms with E-state index in [4.69, 9.17) is 5.73 Å². The number of amides is 3. The van der Waals surface area contributed by atoms with Crippen LogP contribution >= 0.6 is 11.3 Å². The van der Waals surface area contributed by atoms with Gasteiger partial charge in [-0.2, -0.15) is 0 Å². The molecule has 3 heterocycles. The van der Waals surface area contributed by atoms with E-state index in [1.54, 1.807) is 0 Å². The van der Waals surface area contributed by atoms with Crippen LogP contribution in [0.5, 0.6) is 0 Å². The van der Waals surface area contributed by atoms with Crippen LogP contribution in [0, 0.1) is 0 Å². The molecule has 164 valence electrons. The quantitative estimate of drug-likeness (QED) is 0.695. The number of rotatable bonds is 6. The van der Waals surface area contributed by atoms with Gasteiger partial charge >= 0.3 is 0 Å². The molecule has 1 atom stereocenters. The lowest BCUT2D eigenvalue weighted by atomic mass is 10.1. The van der Waals surface area contributed by atoms with E-state index in [9.17, 15) is 14.4 Å². The van der Waals surface area contributed by atoms with Crippen LogP contribution in [0.2, 0.25) is 0 Å². The van der Waals surface area contributed by atoms with Crippen molar-refractivity contribution in [3.63, 3.8) is 0 Å². The maximum Gasteiger partial charge on any atom is 0.251 e. The van der Waals surface area contributed by atoms with Gasteiger partial charge in [-0.1, -0.05) is 0 Å². The molecule has 9 heteroatoms. The minimum Gasteiger partial charge on any atom is -0.365 e. The molecule has 0 radical (unpaired) electrons. The topological polar surface area (TPSA) is 99.0 Å². The number of thiophene rings is 1. The van der Waals surface area contributed by atoms with E-state index >= 15 is 0 Å². The van der Waals surface area contributed by atoms with Crippen molar-refractivity contribution >= 4 is 34.1 Å². The summed E-state index contributed by atoms with van der Waals surface area (Å²) in [6.45, 7) is 7.17. The molecule has 4 rings (SSSR count). The van der Waals surface area contributed by atoms with E-state index in [0.29, 0.717) is 17.1 Å². The third kappa shape index (κ3) is 4.38. The zero-order chi connectivity index (χ0) is 21.3. The van der Waals surface area contributed by atoms with Gasteiger partial charge in [0.1, 0.15) is 5.00 Å². The lowest BCUT2D eigenvalue weighted by molar-refractivity contribution is -0.132. The predicted molar refractivity (Wildman–Crippen MR) is 117 cm³/mol. The predicted octanol–water partition coefficient (Wildman–Crippen LogP) is 0.903. The van der Waals surface area contributed by atoms with E-state index in [1.807, 2.05) is 11.8 Å². The number of carbonyl (C=O) groups excluding carboxylic acids is 3. The van der Waals surface area contributed by atoms with Gasteiger partial charge in [0, 0.05) is 44.1 Å². The van der Waals surface area contributed by atoms with Gasteiger partial charge in [-0.05, 0) is 44.6 Å². The molecule has 1 aromatic heterocycles. The third-order valence-corrected chi connectivity index (χ3v) is 7.76. The van der Waals surface area contributed by atoms with Crippen molar-refractivity contribution in [1.82, 2.24) is 14.7 Å². The van der Waals surface area contributed by atoms with Gasteiger partial charge in [-0.25, -0.2) is 0 Å². The smallest absolute Gasteiger partial charge is 0.251 e. The standard InChI is InChI=1S/C21H31N5O3S/c1-14(20(29)23-21-18(19(22)28)15-5-4-6-16(15)30-21)25-11-9-24(10-12-25)13-17(27)26-7-2-3-8-26/h14H,2-13H2,1H3,(H2,22,28)(H,23,29). The van der Waals surface area contributed by atoms with Crippen LogP contribution in [0.25, 0.3) is 0 Å². The summed E-state index contributed by atoms with van der Waals surface area (Å²) in [5.74, 6) is -0.357. The molecule has 8 nitrogen and oxygen atoms in total. The van der Waals surface area contributed by atoms with Crippen LogP contribution in [0.1, 0.15) is 47.0 Å². The van der Waals surface area contributed by atoms with Crippen LogP contribution in [-0.4, -0.2) is 84.3 Å². The van der Waals surface area contributed by atoms with Gasteiger partial charge in [0.25, 0.3) is 5.91 Å². The summed E-state index contributed by atoms with van der Waals surface area (Å²) in [5.41, 5.74) is 7.11. The van der Waals surface area contributed by atoms with Crippen molar-refractivity contribution < 1.29 is 14.4 Å². The molecule has 1 aromatic rings. The first-order valence-corrected chi connectivity index (χ1v) is 11.7. The average Bonchev–Trinajstić information content (AvgIpc) is 3.45. The fourth-order valence-corrected chi connectivity index (χ4v) is 6.00. The summed E-state index contributed by atoms with van der Waals surface area (Å²) in [5, 5.41) is 3.56. The fourth-order valence-electron chi connectivity index (χ4n) is 4.70. The summed E-state index contributed by atoms with van der Waals surface area (Å²) in [4.78, 5) is 44.6. The highest BCUT2D eigenvalue weighted by atomic mass is 32.1. The van der Waals surface area contributed by atoms with Gasteiger partial charge in [0.2, 0.25) is 11.8 Å². The Morgan fingerprint density at radius 1 is 1.03 bits per heavy atom. The van der Waals surface area contributed by atoms with E-state index in [0.717, 1.165) is 76.9 Å². The molecule has 0 saturated carbocycles. The Balaban J connectivity index is 1.30. The number of hydrogen-bond acceptors (Lipinski definition) is 6. The van der Waals surface area contributed by atoms with E-state index < -0.39 is 5.91 Å². The van der Waals surface area contributed by atoms with Crippen molar-refractivity contribution in [2.24, 2.45) is 5.73 Å². The number of piperazine rings is 1. The largest absolute Gasteiger partial charge is 0.365 e. The van der Waals surface area contributed by atoms with Crippen LogP contribution < -0.4 is 11.1 Å². The summed E-state index contributed by atoms with van der Waals surface area (Å²) in [7, 11) is 0. The second-order valence-corrected chi connectivity index (χ2v) is 9.60. The Morgan fingerprint density at radius 3 is 2.40 bits per heavy atom. The maximum atomic E-state index is 12.9. The number of anilines is 1. The third-order valence-electron chi connectivity index (χ3n) is 6.56. The molecule has 2 saturated heterocycles. The molecule has 3 N–H and O–H groups in total. The first-order chi connectivity index (χ1) is 14.4. The number of carbonyl (C=O) groups is 3. The summed E-state index contributed by atoms with van der Waals surface area (Å²) in [6.07, 6.45) is 5.06. The molecule has 1 aliphatic carbocycles. The zero-order valence-corrected chi connectivity index (χ0v) is 18.4. The number of nitrogens with one attached hydrogen (secondary N) is 1. The van der Waals surface area contributed by atoms with Crippen LogP contribution in [0.15, 0.2) is 0 Å². The number of likely N-dealkylation sites (tertiary alicyclic amines) is 1. The molecule has 30 heavy (non-hydrogen) atoms. The van der Waals surface area contributed by atoms with Crippen LogP contribution in [-0.2, 0) is 22.4 Å². The first-order valence-electron chi connectivity index (χ1n) is 10.9. The lowest BCUT2D eigenvalue weighted by Crippen LogP contribution is -2.54. The molecule has 0 spiro atoms. The Hall–Kier alpha value is -1.97. The molecule has 1 unspecified atom stereocenters. The molecule has 0 bridgehead atoms. The number of nitrogens with two attached hydrogens (primary N) is 1. The van der Waals surface area contributed by atoms with Crippen molar-refractivity contribution in [3.8, 4) is 0 Å². The van der Waals surface area contributed by atoms with E-state index in [-0.39, 0.29) is 17.9 Å². The molecule has 2 aliphatic heterocycles. The Labute approximate surface area is 181 Å². The highest BCUT2D eigenvalue weighted by Gasteiger charge is 2.30. The molecule has 3 aliphatic rings. The molecule has 3 amide bonds. The van der Waals surface area contributed by atoms with Crippen LogP contribution in [0.4, 0.5) is 5.00 Å². The monoisotopic (exact) mass is 433 g/mol. The molecule has 0 aromatic carbocycles. The SMILES string of the molecule is CC(C(=O)Nc1sc2c(c1C(N)=O)CCC2)N1CCN(CC(=O)N2CCCC2)CC1. The molecular formula is C21H31N5O3S. The number of hydrogen-bond donors (Lipinski definition) is 2. The number of aryl methyl sites for hydroxylation is 1. The molecular weight excluding hydrogens is 402 g/mol. The Morgan fingerprint density at radius 2 is 1.73 bits per heavy atom. The minimum absolute atomic E-state index is 0.112. The van der Waals surface area contributed by atoms with Crippen LogP contribution in [0.3, 0.4) is 0 Å². The summed E-state index contributed by atoms with van der Waals surface area (Å²) >= 11 is 1.49. The van der Waals surface area contributed by atoms with Gasteiger partial charge in [-0.15, -0.1) is 11.3 Å². The molecule has 2 fully saturated rings.